The van der Waals surface area contributed by atoms with E-state index < -0.39 is 11.6 Å². The summed E-state index contributed by atoms with van der Waals surface area (Å²) in [5.41, 5.74) is 7.43. The second-order valence-electron chi connectivity index (χ2n) is 7.96. The topological polar surface area (TPSA) is 125 Å². The van der Waals surface area contributed by atoms with E-state index in [0.717, 1.165) is 5.56 Å². The quantitative estimate of drug-likeness (QED) is 0.407. The fraction of sp³-hybridized carbons (Fsp3) is 0.160. The number of nitrogens with one attached hydrogen (secondary N) is 2. The third-order valence-corrected chi connectivity index (χ3v) is 5.69. The van der Waals surface area contributed by atoms with E-state index >= 15 is 0 Å². The molecule has 1 fully saturated rings. The average molecular weight is 444 g/mol. The van der Waals surface area contributed by atoms with Crippen molar-refractivity contribution < 1.29 is 19.5 Å². The van der Waals surface area contributed by atoms with E-state index in [2.05, 4.69) is 10.6 Å². The van der Waals surface area contributed by atoms with Gasteiger partial charge in [0.25, 0.3) is 11.8 Å². The molecule has 3 aromatic carbocycles. The first kappa shape index (κ1) is 21.9. The smallest absolute Gasteiger partial charge is 0.408 e. The van der Waals surface area contributed by atoms with Crippen molar-refractivity contribution in [3.63, 3.8) is 0 Å². The Bertz CT molecular complexity index is 1170. The van der Waals surface area contributed by atoms with Crippen LogP contribution in [0.3, 0.4) is 0 Å². The molecule has 3 aromatic rings. The molecule has 0 saturated heterocycles. The number of carbonyl (C=O) groups is 3. The Hall–Kier alpha value is -4.33. The largest absolute Gasteiger partial charge is 0.465 e. The van der Waals surface area contributed by atoms with E-state index in [-0.39, 0.29) is 18.4 Å². The van der Waals surface area contributed by atoms with E-state index in [1.165, 1.54) is 4.90 Å². The Morgan fingerprint density at radius 1 is 0.879 bits per heavy atom. The van der Waals surface area contributed by atoms with Gasteiger partial charge in [-0.05, 0) is 54.8 Å². The van der Waals surface area contributed by atoms with Gasteiger partial charge in [0.1, 0.15) is 5.54 Å². The van der Waals surface area contributed by atoms with E-state index in [1.54, 1.807) is 48.5 Å². The number of para-hydroxylation sites is 2. The van der Waals surface area contributed by atoms with Crippen molar-refractivity contribution in [3.8, 4) is 0 Å². The summed E-state index contributed by atoms with van der Waals surface area (Å²) in [6.07, 6.45) is -0.229. The molecule has 3 amide bonds. The molecule has 0 atom stereocenters. The Kier molecular flexibility index (Phi) is 5.99. The second-order valence-corrected chi connectivity index (χ2v) is 7.96. The zero-order valence-corrected chi connectivity index (χ0v) is 17.8. The lowest BCUT2D eigenvalue weighted by atomic mass is 10.1. The fourth-order valence-corrected chi connectivity index (χ4v) is 3.66. The van der Waals surface area contributed by atoms with Crippen LogP contribution >= 0.6 is 0 Å². The van der Waals surface area contributed by atoms with Crippen molar-refractivity contribution in [2.24, 2.45) is 0 Å². The van der Waals surface area contributed by atoms with Gasteiger partial charge >= 0.3 is 6.09 Å². The van der Waals surface area contributed by atoms with Crippen molar-refractivity contribution in [2.75, 3.05) is 16.4 Å². The van der Waals surface area contributed by atoms with Gasteiger partial charge in [0.05, 0.1) is 17.9 Å². The van der Waals surface area contributed by atoms with Crippen molar-refractivity contribution in [2.45, 2.75) is 24.9 Å². The van der Waals surface area contributed by atoms with Crippen LogP contribution in [0.2, 0.25) is 0 Å². The van der Waals surface area contributed by atoms with Gasteiger partial charge in [0.15, 0.2) is 0 Å². The van der Waals surface area contributed by atoms with E-state index in [9.17, 15) is 19.5 Å². The van der Waals surface area contributed by atoms with Crippen LogP contribution < -0.4 is 16.4 Å². The van der Waals surface area contributed by atoms with Crippen molar-refractivity contribution in [1.82, 2.24) is 4.90 Å². The molecule has 1 aliphatic carbocycles. The molecule has 1 aliphatic rings. The molecule has 4 rings (SSSR count). The average Bonchev–Trinajstić information content (AvgIpc) is 3.62. The van der Waals surface area contributed by atoms with Gasteiger partial charge in [0, 0.05) is 11.3 Å². The molecule has 0 bridgehead atoms. The Morgan fingerprint density at radius 2 is 1.52 bits per heavy atom. The minimum Gasteiger partial charge on any atom is -0.465 e. The number of anilines is 3. The number of benzene rings is 3. The third-order valence-electron chi connectivity index (χ3n) is 5.69. The number of hydrogen-bond acceptors (Lipinski definition) is 4. The molecule has 0 heterocycles. The number of hydrogen-bond donors (Lipinski definition) is 4. The van der Waals surface area contributed by atoms with Gasteiger partial charge in [-0.1, -0.05) is 42.5 Å². The van der Waals surface area contributed by atoms with Crippen LogP contribution in [-0.2, 0) is 11.3 Å². The molecule has 0 spiro atoms. The molecular weight excluding hydrogens is 420 g/mol. The summed E-state index contributed by atoms with van der Waals surface area (Å²) in [5, 5.41) is 15.3. The van der Waals surface area contributed by atoms with E-state index in [0.29, 0.717) is 35.5 Å². The molecular formula is C25H24N4O4. The summed E-state index contributed by atoms with van der Waals surface area (Å²) >= 11 is 0. The fourth-order valence-electron chi connectivity index (χ4n) is 3.66. The van der Waals surface area contributed by atoms with Crippen LogP contribution in [0.4, 0.5) is 21.9 Å². The molecule has 5 N–H and O–H groups in total. The Labute approximate surface area is 191 Å². The highest BCUT2D eigenvalue weighted by atomic mass is 16.4. The summed E-state index contributed by atoms with van der Waals surface area (Å²) in [4.78, 5) is 38.6. The van der Waals surface area contributed by atoms with Crippen molar-refractivity contribution >= 4 is 35.0 Å². The number of carboxylic acid groups (broad SMARTS) is 1. The lowest BCUT2D eigenvalue weighted by Crippen LogP contribution is -2.48. The van der Waals surface area contributed by atoms with Gasteiger partial charge in [-0.15, -0.1) is 0 Å². The normalized spacial score (nSPS) is 13.6. The Balaban J connectivity index is 1.43. The van der Waals surface area contributed by atoms with Crippen LogP contribution in [0.5, 0.6) is 0 Å². The highest BCUT2D eigenvalue weighted by molar-refractivity contribution is 6.06. The number of amides is 3. The summed E-state index contributed by atoms with van der Waals surface area (Å²) in [5.74, 6) is -0.709. The number of nitrogens with two attached hydrogens (primary N) is 1. The minimum atomic E-state index is -1.14. The third kappa shape index (κ3) is 4.79. The zero-order chi connectivity index (χ0) is 23.4. The van der Waals surface area contributed by atoms with Gasteiger partial charge in [-0.3, -0.25) is 14.5 Å². The molecule has 8 heteroatoms. The van der Waals surface area contributed by atoms with Gasteiger partial charge < -0.3 is 21.5 Å². The number of carbonyl (C=O) groups excluding carboxylic acids is 2. The number of rotatable bonds is 7. The summed E-state index contributed by atoms with van der Waals surface area (Å²) < 4.78 is 0. The standard InChI is InChI=1S/C25H24N4O4/c26-20-8-4-5-9-21(20)28-22(30)18-10-12-19(13-11-18)27-23(31)25(14-15-25)29(24(32)33)16-17-6-2-1-3-7-17/h1-13H,14-16,26H2,(H,27,31)(H,28,30)(H,32,33). The molecule has 168 valence electrons. The SMILES string of the molecule is Nc1ccccc1NC(=O)c1ccc(NC(=O)C2(N(Cc3ccccc3)C(=O)O)CC2)cc1. The van der Waals surface area contributed by atoms with Gasteiger partial charge in [0.2, 0.25) is 0 Å². The van der Waals surface area contributed by atoms with Crippen LogP contribution in [0.1, 0.15) is 28.8 Å². The maximum absolute atomic E-state index is 13.0. The molecule has 1 saturated carbocycles. The molecule has 8 nitrogen and oxygen atoms in total. The second kappa shape index (κ2) is 9.04. The predicted octanol–water partition coefficient (Wildman–Crippen LogP) is 4.17. The summed E-state index contributed by atoms with van der Waals surface area (Å²) in [6, 6.07) is 22.5. The molecule has 0 unspecified atom stereocenters. The minimum absolute atomic E-state index is 0.130. The maximum Gasteiger partial charge on any atom is 0.408 e. The first-order valence-electron chi connectivity index (χ1n) is 10.5. The first-order valence-corrected chi connectivity index (χ1v) is 10.5. The zero-order valence-electron chi connectivity index (χ0n) is 17.8. The van der Waals surface area contributed by atoms with Gasteiger partial charge in [-0.2, -0.15) is 0 Å². The highest BCUT2D eigenvalue weighted by Gasteiger charge is 2.56. The lowest BCUT2D eigenvalue weighted by Gasteiger charge is -2.28. The van der Waals surface area contributed by atoms with E-state index in [1.807, 2.05) is 30.3 Å². The Morgan fingerprint density at radius 3 is 2.12 bits per heavy atom. The molecule has 33 heavy (non-hydrogen) atoms. The van der Waals surface area contributed by atoms with Gasteiger partial charge in [-0.25, -0.2) is 4.79 Å². The lowest BCUT2D eigenvalue weighted by molar-refractivity contribution is -0.122. The van der Waals surface area contributed by atoms with E-state index in [4.69, 9.17) is 5.73 Å². The van der Waals surface area contributed by atoms with Crippen LogP contribution in [-0.4, -0.2) is 33.5 Å². The van der Waals surface area contributed by atoms with Crippen molar-refractivity contribution in [1.29, 1.82) is 0 Å². The summed E-state index contributed by atoms with van der Waals surface area (Å²) in [7, 11) is 0. The maximum atomic E-state index is 13.0. The number of nitrogens with zero attached hydrogens (tertiary/aromatic N) is 1. The predicted molar refractivity (Wildman–Crippen MR) is 126 cm³/mol. The monoisotopic (exact) mass is 444 g/mol. The van der Waals surface area contributed by atoms with Crippen LogP contribution in [0.25, 0.3) is 0 Å². The first-order chi connectivity index (χ1) is 15.9. The highest BCUT2D eigenvalue weighted by Crippen LogP contribution is 2.43. The van der Waals surface area contributed by atoms with Crippen molar-refractivity contribution in [3.05, 3.63) is 90.0 Å². The summed E-state index contributed by atoms with van der Waals surface area (Å²) in [6.45, 7) is 0.130. The molecule has 0 radical (unpaired) electrons. The molecule has 0 aliphatic heterocycles. The number of nitrogen functional groups attached to an aromatic ring is 1. The molecule has 0 aromatic heterocycles. The van der Waals surface area contributed by atoms with Crippen LogP contribution in [0, 0.1) is 0 Å². The van der Waals surface area contributed by atoms with Crippen LogP contribution in [0.15, 0.2) is 78.9 Å².